The largest absolute Gasteiger partial charge is 0.387 e. The number of imidazole rings is 1. The van der Waals surface area contributed by atoms with E-state index in [1.54, 1.807) is 48.5 Å². The number of rotatable bonds is 9. The van der Waals surface area contributed by atoms with Crippen LogP contribution in [0.1, 0.15) is 47.9 Å². The molecule has 1 unspecified atom stereocenters. The third-order valence-corrected chi connectivity index (χ3v) is 6.37. The van der Waals surface area contributed by atoms with Gasteiger partial charge in [0.05, 0.1) is 22.9 Å². The normalized spacial score (nSPS) is 14.7. The molecule has 1 aliphatic rings. The molecule has 8 heteroatoms. The summed E-state index contributed by atoms with van der Waals surface area (Å²) in [5, 5.41) is 3.04. The Hall–Kier alpha value is -4.07. The molecule has 6 nitrogen and oxygen atoms in total. The minimum Gasteiger partial charge on any atom is -0.387 e. The summed E-state index contributed by atoms with van der Waals surface area (Å²) in [5.74, 6) is 0.695. The topological polar surface area (TPSA) is 96.2 Å². The number of amides is 1. The zero-order chi connectivity index (χ0) is 25.1. The van der Waals surface area contributed by atoms with Crippen LogP contribution >= 0.6 is 0 Å². The third-order valence-electron chi connectivity index (χ3n) is 6.37. The van der Waals surface area contributed by atoms with Crippen LogP contribution in [0.15, 0.2) is 71.7 Å². The van der Waals surface area contributed by atoms with Crippen LogP contribution in [0.3, 0.4) is 0 Å². The number of benzene rings is 3. The van der Waals surface area contributed by atoms with E-state index < -0.39 is 6.04 Å². The van der Waals surface area contributed by atoms with Gasteiger partial charge in [0.1, 0.15) is 17.5 Å². The van der Waals surface area contributed by atoms with Gasteiger partial charge in [0.25, 0.3) is 5.91 Å². The van der Waals surface area contributed by atoms with Crippen LogP contribution in [0.2, 0.25) is 0 Å². The van der Waals surface area contributed by atoms with Crippen molar-refractivity contribution in [2.24, 2.45) is 16.6 Å². The number of carbonyl (C=O) groups excluding carboxylic acids is 1. The zero-order valence-corrected chi connectivity index (χ0v) is 19.7. The van der Waals surface area contributed by atoms with E-state index in [4.69, 9.17) is 5.73 Å². The Bertz CT molecular complexity index is 1410. The summed E-state index contributed by atoms with van der Waals surface area (Å²) < 4.78 is 27.8. The summed E-state index contributed by atoms with van der Waals surface area (Å²) in [6.07, 6.45) is 3.46. The Morgan fingerprint density at radius 1 is 1.11 bits per heavy atom. The molecule has 1 aliphatic carbocycles. The number of carbonyl (C=O) groups is 1. The summed E-state index contributed by atoms with van der Waals surface area (Å²) in [6.45, 7) is 0.556. The molecular formula is C28H27F2N5O. The van der Waals surface area contributed by atoms with Crippen molar-refractivity contribution in [1.29, 1.82) is 0 Å². The maximum absolute atomic E-state index is 14.1. The van der Waals surface area contributed by atoms with Gasteiger partial charge in [0.15, 0.2) is 0 Å². The number of H-pyrrole nitrogens is 1. The number of nitrogens with zero attached hydrogens (tertiary/aromatic N) is 2. The molecule has 36 heavy (non-hydrogen) atoms. The van der Waals surface area contributed by atoms with Gasteiger partial charge in [0.2, 0.25) is 0 Å². The Morgan fingerprint density at radius 3 is 2.64 bits per heavy atom. The molecule has 4 N–H and O–H groups in total. The van der Waals surface area contributed by atoms with Gasteiger partial charge in [-0.1, -0.05) is 30.3 Å². The molecule has 3 aromatic carbocycles. The highest BCUT2D eigenvalue weighted by atomic mass is 19.1. The Balaban J connectivity index is 1.33. The minimum atomic E-state index is -0.434. The Kier molecular flexibility index (Phi) is 6.75. The number of aliphatic imine (C=N–C) groups is 1. The lowest BCUT2D eigenvalue weighted by Gasteiger charge is -2.17. The number of nitrogens with one attached hydrogen (secondary N) is 2. The molecule has 1 fully saturated rings. The van der Waals surface area contributed by atoms with E-state index in [0.29, 0.717) is 64.7 Å². The molecule has 1 atom stereocenters. The average molecular weight is 488 g/mol. The quantitative estimate of drug-likeness (QED) is 0.165. The second-order valence-electron chi connectivity index (χ2n) is 9.09. The monoisotopic (exact) mass is 487 g/mol. The number of hydrogen-bond donors (Lipinski definition) is 3. The van der Waals surface area contributed by atoms with Crippen LogP contribution in [-0.4, -0.2) is 28.3 Å². The van der Waals surface area contributed by atoms with E-state index in [-0.39, 0.29) is 17.5 Å². The molecule has 1 amide bonds. The summed E-state index contributed by atoms with van der Waals surface area (Å²) in [5.41, 5.74) is 8.79. The van der Waals surface area contributed by atoms with Crippen LogP contribution in [0, 0.1) is 17.6 Å². The molecule has 0 bridgehead atoms. The van der Waals surface area contributed by atoms with Crippen LogP contribution in [0.4, 0.5) is 8.78 Å². The van der Waals surface area contributed by atoms with Crippen molar-refractivity contribution < 1.29 is 13.6 Å². The third kappa shape index (κ3) is 5.43. The van der Waals surface area contributed by atoms with Gasteiger partial charge in [-0.15, -0.1) is 0 Å². The molecular weight excluding hydrogens is 460 g/mol. The van der Waals surface area contributed by atoms with Crippen molar-refractivity contribution in [3.63, 3.8) is 0 Å². The molecule has 5 rings (SSSR count). The average Bonchev–Trinajstić information content (AvgIpc) is 3.65. The van der Waals surface area contributed by atoms with Crippen molar-refractivity contribution in [2.75, 3.05) is 6.54 Å². The van der Waals surface area contributed by atoms with Gasteiger partial charge in [-0.05, 0) is 67.6 Å². The van der Waals surface area contributed by atoms with Crippen molar-refractivity contribution in [3.8, 4) is 11.1 Å². The number of hydrogen-bond acceptors (Lipinski definition) is 3. The number of aromatic amines is 1. The van der Waals surface area contributed by atoms with Gasteiger partial charge in [0, 0.05) is 23.6 Å². The second kappa shape index (κ2) is 10.3. The van der Waals surface area contributed by atoms with Crippen LogP contribution in [0.5, 0.6) is 0 Å². The lowest BCUT2D eigenvalue weighted by molar-refractivity contribution is 0.0932. The number of amidine groups is 1. The summed E-state index contributed by atoms with van der Waals surface area (Å²) in [4.78, 5) is 25.3. The number of aromatic nitrogens is 2. The lowest BCUT2D eigenvalue weighted by Crippen LogP contribution is -2.29. The molecule has 4 aromatic rings. The standard InChI is InChI=1S/C28H27F2N5O/c29-20-13-14-23-25(16-20)34-27(33-23)24(6-3-15-32-26(31)18-9-10-18)35-28(36)19-11-7-17(8-12-19)21-4-1-2-5-22(21)30/h1-2,4-5,7-8,11-14,16,18,24H,3,6,9-10,15H2,(H2,31,32)(H,33,34)(H,35,36). The second-order valence-corrected chi connectivity index (χ2v) is 9.09. The first-order valence-corrected chi connectivity index (χ1v) is 12.1. The first-order chi connectivity index (χ1) is 17.5. The summed E-state index contributed by atoms with van der Waals surface area (Å²) >= 11 is 0. The zero-order valence-electron chi connectivity index (χ0n) is 19.7. The molecule has 1 saturated carbocycles. The predicted octanol–water partition coefficient (Wildman–Crippen LogP) is 5.53. The van der Waals surface area contributed by atoms with Crippen molar-refractivity contribution in [3.05, 3.63) is 89.8 Å². The van der Waals surface area contributed by atoms with Gasteiger partial charge >= 0.3 is 0 Å². The highest BCUT2D eigenvalue weighted by molar-refractivity contribution is 5.95. The van der Waals surface area contributed by atoms with E-state index in [0.717, 1.165) is 12.8 Å². The molecule has 0 radical (unpaired) electrons. The molecule has 1 aromatic heterocycles. The molecule has 1 heterocycles. The molecule has 184 valence electrons. The smallest absolute Gasteiger partial charge is 0.251 e. The number of nitrogens with two attached hydrogens (primary N) is 1. The fourth-order valence-corrected chi connectivity index (χ4v) is 4.19. The fourth-order valence-electron chi connectivity index (χ4n) is 4.19. The van der Waals surface area contributed by atoms with E-state index in [9.17, 15) is 13.6 Å². The summed E-state index contributed by atoms with van der Waals surface area (Å²) in [6, 6.07) is 17.2. The highest BCUT2D eigenvalue weighted by Crippen LogP contribution is 2.29. The predicted molar refractivity (Wildman–Crippen MR) is 137 cm³/mol. The first-order valence-electron chi connectivity index (χ1n) is 12.1. The van der Waals surface area contributed by atoms with Crippen LogP contribution in [-0.2, 0) is 0 Å². The van der Waals surface area contributed by atoms with Gasteiger partial charge in [-0.3, -0.25) is 9.79 Å². The number of fused-ring (bicyclic) bond motifs is 1. The van der Waals surface area contributed by atoms with Crippen LogP contribution < -0.4 is 11.1 Å². The van der Waals surface area contributed by atoms with Crippen molar-refractivity contribution >= 4 is 22.8 Å². The SMILES string of the molecule is NC(=NCCCC(NC(=O)c1ccc(-c2ccccc2F)cc1)c1nc2ccc(F)cc2[nH]1)C1CC1. The number of halogens is 2. The first kappa shape index (κ1) is 23.7. The highest BCUT2D eigenvalue weighted by Gasteiger charge is 2.25. The minimum absolute atomic E-state index is 0.285. The van der Waals surface area contributed by atoms with E-state index in [1.165, 1.54) is 18.2 Å². The maximum atomic E-state index is 14.1. The fraction of sp³-hybridized carbons (Fsp3) is 0.250. The van der Waals surface area contributed by atoms with E-state index >= 15 is 0 Å². The molecule has 0 aliphatic heterocycles. The van der Waals surface area contributed by atoms with Gasteiger partial charge < -0.3 is 16.0 Å². The maximum Gasteiger partial charge on any atom is 0.251 e. The van der Waals surface area contributed by atoms with Gasteiger partial charge in [-0.25, -0.2) is 13.8 Å². The van der Waals surface area contributed by atoms with Crippen molar-refractivity contribution in [2.45, 2.75) is 31.7 Å². The van der Waals surface area contributed by atoms with Crippen LogP contribution in [0.25, 0.3) is 22.2 Å². The summed E-state index contributed by atoms with van der Waals surface area (Å²) in [7, 11) is 0. The van der Waals surface area contributed by atoms with Gasteiger partial charge in [-0.2, -0.15) is 0 Å². The Morgan fingerprint density at radius 2 is 1.89 bits per heavy atom. The Labute approximate surface area is 207 Å². The molecule has 0 saturated heterocycles. The molecule has 0 spiro atoms. The van der Waals surface area contributed by atoms with E-state index in [1.807, 2.05) is 0 Å². The van der Waals surface area contributed by atoms with E-state index in [2.05, 4.69) is 20.3 Å². The van der Waals surface area contributed by atoms with Crippen molar-refractivity contribution in [1.82, 2.24) is 15.3 Å². The lowest BCUT2D eigenvalue weighted by atomic mass is 10.0.